The second-order valence-electron chi connectivity index (χ2n) is 9.59. The third-order valence-corrected chi connectivity index (χ3v) is 6.21. The van der Waals surface area contributed by atoms with Crippen LogP contribution in [0, 0.1) is 26.1 Å². The first-order valence-corrected chi connectivity index (χ1v) is 12.3. The quantitative estimate of drug-likeness (QED) is 0.273. The first-order chi connectivity index (χ1) is 18.0. The normalized spacial score (nSPS) is 23.1. The number of hydrazone groups is 2. The van der Waals surface area contributed by atoms with Crippen LogP contribution in [0.3, 0.4) is 0 Å². The van der Waals surface area contributed by atoms with Gasteiger partial charge in [-0.15, -0.1) is 0 Å². The fraction of sp³-hybridized carbons (Fsp3) is 0.667. The van der Waals surface area contributed by atoms with Crippen molar-refractivity contribution in [2.75, 3.05) is 74.6 Å². The molecular weight excluding hydrogens is 522 g/mol. The van der Waals surface area contributed by atoms with Gasteiger partial charge in [0.1, 0.15) is 15.4 Å². The Bertz CT molecular complexity index is 1020. The van der Waals surface area contributed by atoms with Crippen molar-refractivity contribution in [3.05, 3.63) is 49.3 Å². The number of pyridine rings is 1. The van der Waals surface area contributed by atoms with Crippen molar-refractivity contribution in [1.82, 2.24) is 34.4 Å². The number of hydrogen-bond donors (Lipinski definition) is 0. The molecule has 16 nitrogen and oxygen atoms in total. The largest absolute Gasteiger partial charge is 0.381 e. The lowest BCUT2D eigenvalue weighted by atomic mass is 10.1. The van der Waals surface area contributed by atoms with Crippen LogP contribution in [0.15, 0.2) is 28.5 Å². The molecule has 3 aliphatic rings. The summed E-state index contributed by atoms with van der Waals surface area (Å²) in [5.41, 5.74) is 0.911. The van der Waals surface area contributed by atoms with Crippen LogP contribution < -0.4 is 0 Å². The number of halogens is 1. The Balaban J connectivity index is 0.000000212. The van der Waals surface area contributed by atoms with Gasteiger partial charge in [0.15, 0.2) is 10.1 Å². The average Bonchev–Trinajstić information content (AvgIpc) is 3.33. The molecule has 17 heteroatoms. The van der Waals surface area contributed by atoms with Crippen LogP contribution >= 0.6 is 11.6 Å². The predicted molar refractivity (Wildman–Crippen MR) is 140 cm³/mol. The molecule has 1 aromatic rings. The summed E-state index contributed by atoms with van der Waals surface area (Å²) in [6, 6.07) is 3.53. The Morgan fingerprint density at radius 2 is 1.55 bits per heavy atom. The van der Waals surface area contributed by atoms with Crippen molar-refractivity contribution in [1.29, 1.82) is 0 Å². The van der Waals surface area contributed by atoms with Crippen molar-refractivity contribution in [3.8, 4) is 0 Å². The smallest absolute Gasteiger partial charge is 0.276 e. The summed E-state index contributed by atoms with van der Waals surface area (Å²) in [5, 5.41) is 27.3. The van der Waals surface area contributed by atoms with Gasteiger partial charge in [0.2, 0.25) is 0 Å². The summed E-state index contributed by atoms with van der Waals surface area (Å²) in [6.45, 7) is 5.19. The van der Waals surface area contributed by atoms with Gasteiger partial charge in [0.25, 0.3) is 11.9 Å². The zero-order valence-corrected chi connectivity index (χ0v) is 22.8. The molecule has 3 fully saturated rings. The first kappa shape index (κ1) is 29.2. The molecule has 1 unspecified atom stereocenters. The highest BCUT2D eigenvalue weighted by molar-refractivity contribution is 6.29. The molecule has 0 aromatic carbocycles. The SMILES string of the molecule is CN1CN(C)/C(=N\[N+](=O)[O-])N(CC2CCOC2)C1.CN1CN(C)/C(=N\[N+](=O)[O-])N(Cc2ccc(Cl)nc2)C1. The highest BCUT2D eigenvalue weighted by Gasteiger charge is 2.30. The minimum absolute atomic E-state index is 0.336. The van der Waals surface area contributed by atoms with E-state index < -0.39 is 10.1 Å². The Labute approximate surface area is 225 Å². The summed E-state index contributed by atoms with van der Waals surface area (Å²) in [5.74, 6) is 1.20. The van der Waals surface area contributed by atoms with Gasteiger partial charge in [0, 0.05) is 45.9 Å². The fourth-order valence-corrected chi connectivity index (χ4v) is 4.69. The molecule has 4 rings (SSSR count). The monoisotopic (exact) mass is 555 g/mol. The average molecular weight is 556 g/mol. The maximum atomic E-state index is 10.7. The molecule has 0 bridgehead atoms. The summed E-state index contributed by atoms with van der Waals surface area (Å²) in [7, 11) is 7.51. The Morgan fingerprint density at radius 1 is 0.974 bits per heavy atom. The maximum Gasteiger partial charge on any atom is 0.276 e. The highest BCUT2D eigenvalue weighted by Crippen LogP contribution is 2.17. The van der Waals surface area contributed by atoms with E-state index in [0.717, 1.165) is 31.7 Å². The Morgan fingerprint density at radius 3 is 2.05 bits per heavy atom. The minimum atomic E-state index is -0.676. The van der Waals surface area contributed by atoms with Gasteiger partial charge >= 0.3 is 0 Å². The second-order valence-corrected chi connectivity index (χ2v) is 9.98. The number of hydrogen-bond acceptors (Lipinski definition) is 8. The molecular formula is C21H34ClN11O5. The second kappa shape index (κ2) is 13.5. The van der Waals surface area contributed by atoms with Crippen LogP contribution in [0.2, 0.25) is 5.15 Å². The Kier molecular flexibility index (Phi) is 10.3. The van der Waals surface area contributed by atoms with Crippen molar-refractivity contribution in [2.24, 2.45) is 16.1 Å². The van der Waals surface area contributed by atoms with Crippen LogP contribution in [-0.2, 0) is 11.3 Å². The van der Waals surface area contributed by atoms with Crippen molar-refractivity contribution >= 4 is 23.5 Å². The van der Waals surface area contributed by atoms with Gasteiger partial charge in [0.05, 0.1) is 33.3 Å². The van der Waals surface area contributed by atoms with Crippen LogP contribution in [-0.4, -0.2) is 131 Å². The van der Waals surface area contributed by atoms with Gasteiger partial charge in [-0.1, -0.05) is 17.7 Å². The number of aromatic nitrogens is 1. The molecule has 4 heterocycles. The summed E-state index contributed by atoms with van der Waals surface area (Å²) in [6.07, 6.45) is 2.66. The third kappa shape index (κ3) is 8.61. The van der Waals surface area contributed by atoms with E-state index in [0.29, 0.717) is 56.2 Å². The molecule has 0 spiro atoms. The first-order valence-electron chi connectivity index (χ1n) is 11.9. The zero-order chi connectivity index (χ0) is 27.8. The van der Waals surface area contributed by atoms with Crippen molar-refractivity contribution in [2.45, 2.75) is 13.0 Å². The van der Waals surface area contributed by atoms with Crippen molar-refractivity contribution in [3.63, 3.8) is 0 Å². The summed E-state index contributed by atoms with van der Waals surface area (Å²) in [4.78, 5) is 36.7. The Hall–Kier alpha value is -3.34. The van der Waals surface area contributed by atoms with E-state index >= 15 is 0 Å². The predicted octanol–water partition coefficient (Wildman–Crippen LogP) is 0.542. The number of ether oxygens (including phenoxy) is 1. The number of nitro groups is 2. The third-order valence-electron chi connectivity index (χ3n) is 5.99. The van der Waals surface area contributed by atoms with Gasteiger partial charge < -0.3 is 24.3 Å². The van der Waals surface area contributed by atoms with Crippen LogP contribution in [0.25, 0.3) is 0 Å². The molecule has 0 N–H and O–H groups in total. The van der Waals surface area contributed by atoms with Gasteiger partial charge in [-0.25, -0.2) is 25.2 Å². The highest BCUT2D eigenvalue weighted by atomic mass is 35.5. The lowest BCUT2D eigenvalue weighted by Gasteiger charge is -2.40. The van der Waals surface area contributed by atoms with Crippen LogP contribution in [0.1, 0.15) is 12.0 Å². The molecule has 3 saturated heterocycles. The minimum Gasteiger partial charge on any atom is -0.381 e. The zero-order valence-electron chi connectivity index (χ0n) is 22.0. The van der Waals surface area contributed by atoms with E-state index in [-0.39, 0.29) is 0 Å². The molecule has 1 atom stereocenters. The molecule has 1 aromatic heterocycles. The molecule has 38 heavy (non-hydrogen) atoms. The molecule has 0 amide bonds. The summed E-state index contributed by atoms with van der Waals surface area (Å²) >= 11 is 5.74. The van der Waals surface area contributed by atoms with E-state index in [2.05, 4.69) is 20.1 Å². The maximum absolute atomic E-state index is 10.7. The molecule has 0 aliphatic carbocycles. The molecule has 210 valence electrons. The topological polar surface area (TPSA) is 153 Å². The lowest BCUT2D eigenvalue weighted by molar-refractivity contribution is -0.486. The van der Waals surface area contributed by atoms with Crippen LogP contribution in [0.4, 0.5) is 0 Å². The molecule has 0 radical (unpaired) electrons. The number of rotatable bonds is 6. The summed E-state index contributed by atoms with van der Waals surface area (Å²) < 4.78 is 5.34. The fourth-order valence-electron chi connectivity index (χ4n) is 4.58. The van der Waals surface area contributed by atoms with Crippen LogP contribution in [0.5, 0.6) is 0 Å². The van der Waals surface area contributed by atoms with E-state index in [1.54, 1.807) is 29.1 Å². The van der Waals surface area contributed by atoms with Gasteiger partial charge in [-0.2, -0.15) is 0 Å². The van der Waals surface area contributed by atoms with Gasteiger partial charge in [-0.3, -0.25) is 9.80 Å². The lowest BCUT2D eigenvalue weighted by Crippen LogP contribution is -2.57. The van der Waals surface area contributed by atoms with E-state index in [1.165, 1.54) is 0 Å². The van der Waals surface area contributed by atoms with E-state index in [9.17, 15) is 20.2 Å². The molecule has 3 aliphatic heterocycles. The van der Waals surface area contributed by atoms with Gasteiger partial charge in [-0.05, 0) is 32.1 Å². The van der Waals surface area contributed by atoms with E-state index in [4.69, 9.17) is 16.3 Å². The standard InChI is InChI=1S/C11H15ClN6O2.C10H19N5O3/c1-15-7-16(2)11(14-18(19)20)17(8-15)6-9-3-4-10(12)13-5-9;1-12-7-13(2)10(11-15(16)17)14(8-12)5-9-3-4-18-6-9/h3-5H,6-8H2,1-2H3;9H,3-8H2,1-2H3/b14-11+;11-10+. The molecule has 0 saturated carbocycles. The van der Waals surface area contributed by atoms with E-state index in [1.807, 2.05) is 41.9 Å². The number of guanidine groups is 2. The number of nitrogens with zero attached hydrogens (tertiary/aromatic N) is 11. The van der Waals surface area contributed by atoms with Crippen molar-refractivity contribution < 1.29 is 14.8 Å².